The van der Waals surface area contributed by atoms with Gasteiger partial charge in [-0.3, -0.25) is 0 Å². The minimum Gasteiger partial charge on any atom is -0.366 e. The van der Waals surface area contributed by atoms with Crippen molar-refractivity contribution in [2.24, 2.45) is 0 Å². The Bertz CT molecular complexity index is 768. The number of rotatable bonds is 3. The molecule has 0 aliphatic carbocycles. The average molecular weight is 317 g/mol. The topological polar surface area (TPSA) is 56.7 Å². The second-order valence-electron chi connectivity index (χ2n) is 4.38. The van der Waals surface area contributed by atoms with Crippen LogP contribution in [0.25, 0.3) is 17.1 Å². The van der Waals surface area contributed by atoms with Gasteiger partial charge < -0.3 is 5.73 Å². The van der Waals surface area contributed by atoms with Crippen LogP contribution in [-0.4, -0.2) is 21.0 Å². The number of hydrogen-bond donors (Lipinski definition) is 1. The smallest absolute Gasteiger partial charge is 0.240 e. The summed E-state index contributed by atoms with van der Waals surface area (Å²) in [6, 6.07) is 15.5. The van der Waals surface area contributed by atoms with Gasteiger partial charge in [-0.25, -0.2) is 4.68 Å². The number of aromatic nitrogens is 3. The highest BCUT2D eigenvalue weighted by molar-refractivity contribution is 7.98. The average Bonchev–Trinajstić information content (AvgIpc) is 2.89. The monoisotopic (exact) mass is 316 g/mol. The molecular weight excluding hydrogens is 304 g/mol. The van der Waals surface area contributed by atoms with E-state index < -0.39 is 0 Å². The summed E-state index contributed by atoms with van der Waals surface area (Å²) < 4.78 is 1.74. The molecule has 0 bridgehead atoms. The second-order valence-corrected chi connectivity index (χ2v) is 5.67. The number of benzene rings is 2. The van der Waals surface area contributed by atoms with Crippen LogP contribution in [-0.2, 0) is 0 Å². The van der Waals surface area contributed by atoms with Gasteiger partial charge in [-0.1, -0.05) is 29.8 Å². The highest BCUT2D eigenvalue weighted by Crippen LogP contribution is 2.30. The van der Waals surface area contributed by atoms with E-state index in [-0.39, 0.29) is 5.95 Å². The van der Waals surface area contributed by atoms with Crippen molar-refractivity contribution in [3.8, 4) is 17.1 Å². The van der Waals surface area contributed by atoms with Gasteiger partial charge in [0.15, 0.2) is 5.82 Å². The number of nitrogens with zero attached hydrogens (tertiary/aromatic N) is 3. The van der Waals surface area contributed by atoms with E-state index in [4.69, 9.17) is 17.3 Å². The molecule has 3 aromatic rings. The zero-order chi connectivity index (χ0) is 14.8. The van der Waals surface area contributed by atoms with Gasteiger partial charge in [0, 0.05) is 15.5 Å². The minimum absolute atomic E-state index is 0.246. The molecule has 0 spiro atoms. The third kappa shape index (κ3) is 2.75. The Balaban J connectivity index is 2.18. The van der Waals surface area contributed by atoms with Gasteiger partial charge >= 0.3 is 0 Å². The van der Waals surface area contributed by atoms with E-state index in [9.17, 15) is 0 Å². The molecule has 1 aromatic heterocycles. The van der Waals surface area contributed by atoms with Gasteiger partial charge in [0.2, 0.25) is 5.95 Å². The summed E-state index contributed by atoms with van der Waals surface area (Å²) >= 11 is 7.60. The van der Waals surface area contributed by atoms with Gasteiger partial charge in [-0.05, 0) is 36.6 Å². The Morgan fingerprint density at radius 1 is 1.10 bits per heavy atom. The first-order chi connectivity index (χ1) is 10.2. The van der Waals surface area contributed by atoms with Crippen molar-refractivity contribution in [3.63, 3.8) is 0 Å². The van der Waals surface area contributed by atoms with E-state index in [2.05, 4.69) is 16.1 Å². The molecule has 0 amide bonds. The summed E-state index contributed by atoms with van der Waals surface area (Å²) in [5, 5.41) is 4.97. The maximum absolute atomic E-state index is 5.94. The van der Waals surface area contributed by atoms with Crippen molar-refractivity contribution in [3.05, 3.63) is 53.6 Å². The Labute approximate surface area is 132 Å². The number of thioether (sulfide) groups is 1. The lowest BCUT2D eigenvalue weighted by Crippen LogP contribution is -2.00. The minimum atomic E-state index is 0.246. The van der Waals surface area contributed by atoms with E-state index in [1.807, 2.05) is 48.7 Å². The van der Waals surface area contributed by atoms with E-state index in [0.717, 1.165) is 22.0 Å². The fourth-order valence-corrected chi connectivity index (χ4v) is 2.81. The summed E-state index contributed by atoms with van der Waals surface area (Å²) in [6.45, 7) is 0. The first-order valence-electron chi connectivity index (χ1n) is 6.31. The molecule has 0 aliphatic heterocycles. The Morgan fingerprint density at radius 2 is 1.81 bits per heavy atom. The number of hydrogen-bond acceptors (Lipinski definition) is 4. The van der Waals surface area contributed by atoms with Gasteiger partial charge in [-0.15, -0.1) is 16.9 Å². The molecule has 0 saturated carbocycles. The highest BCUT2D eigenvalue weighted by Gasteiger charge is 2.14. The maximum Gasteiger partial charge on any atom is 0.240 e. The molecule has 4 nitrogen and oxygen atoms in total. The molecule has 0 atom stereocenters. The standard InChI is InChI=1S/C15H13ClN4S/c1-21-13-5-3-2-4-12(13)14-18-15(17)19-20(14)11-8-6-10(16)7-9-11/h2-9H,1H3,(H2,17,19). The predicted octanol–water partition coefficient (Wildman–Crippen LogP) is 3.89. The normalized spacial score (nSPS) is 10.8. The van der Waals surface area contributed by atoms with Crippen LogP contribution in [0.1, 0.15) is 0 Å². The van der Waals surface area contributed by atoms with E-state index >= 15 is 0 Å². The van der Waals surface area contributed by atoms with Crippen LogP contribution in [0, 0.1) is 0 Å². The lowest BCUT2D eigenvalue weighted by atomic mass is 10.2. The molecule has 6 heteroatoms. The molecule has 21 heavy (non-hydrogen) atoms. The van der Waals surface area contributed by atoms with E-state index in [1.165, 1.54) is 0 Å². The summed E-state index contributed by atoms with van der Waals surface area (Å²) in [6.07, 6.45) is 2.03. The molecule has 0 unspecified atom stereocenters. The molecule has 0 radical (unpaired) electrons. The molecule has 1 heterocycles. The van der Waals surface area contributed by atoms with Crippen molar-refractivity contribution in [1.82, 2.24) is 14.8 Å². The van der Waals surface area contributed by atoms with Crippen LogP contribution in [0.4, 0.5) is 5.95 Å². The van der Waals surface area contributed by atoms with E-state index in [1.54, 1.807) is 16.4 Å². The third-order valence-electron chi connectivity index (χ3n) is 3.04. The second kappa shape index (κ2) is 5.79. The Hall–Kier alpha value is -1.98. The SMILES string of the molecule is CSc1ccccc1-c1nc(N)nn1-c1ccc(Cl)cc1. The van der Waals surface area contributed by atoms with Crippen molar-refractivity contribution in [2.45, 2.75) is 4.90 Å². The Morgan fingerprint density at radius 3 is 2.52 bits per heavy atom. The molecule has 0 saturated heterocycles. The van der Waals surface area contributed by atoms with Crippen LogP contribution in [0.15, 0.2) is 53.4 Å². The lowest BCUT2D eigenvalue weighted by Gasteiger charge is -2.09. The van der Waals surface area contributed by atoms with E-state index in [0.29, 0.717) is 5.02 Å². The predicted molar refractivity (Wildman–Crippen MR) is 88.0 cm³/mol. The fourth-order valence-electron chi connectivity index (χ4n) is 2.09. The zero-order valence-electron chi connectivity index (χ0n) is 11.3. The fraction of sp³-hybridized carbons (Fsp3) is 0.0667. The van der Waals surface area contributed by atoms with Crippen molar-refractivity contribution >= 4 is 29.3 Å². The number of nitrogen functional groups attached to an aromatic ring is 1. The van der Waals surface area contributed by atoms with Crippen LogP contribution in [0.5, 0.6) is 0 Å². The van der Waals surface area contributed by atoms with Gasteiger partial charge in [0.1, 0.15) is 0 Å². The first kappa shape index (κ1) is 14.0. The number of anilines is 1. The van der Waals surface area contributed by atoms with Crippen molar-refractivity contribution in [1.29, 1.82) is 0 Å². The number of halogens is 1. The summed E-state index contributed by atoms with van der Waals surface area (Å²) in [5.74, 6) is 0.968. The Kier molecular flexibility index (Phi) is 3.86. The third-order valence-corrected chi connectivity index (χ3v) is 4.09. The van der Waals surface area contributed by atoms with Crippen LogP contribution < -0.4 is 5.73 Å². The maximum atomic E-state index is 5.94. The van der Waals surface area contributed by atoms with Gasteiger partial charge in [0.25, 0.3) is 0 Å². The van der Waals surface area contributed by atoms with Crippen LogP contribution in [0.3, 0.4) is 0 Å². The lowest BCUT2D eigenvalue weighted by molar-refractivity contribution is 0.889. The quantitative estimate of drug-likeness (QED) is 0.745. The molecular formula is C15H13ClN4S. The number of nitrogens with two attached hydrogens (primary N) is 1. The molecule has 0 fully saturated rings. The largest absolute Gasteiger partial charge is 0.366 e. The highest BCUT2D eigenvalue weighted by atomic mass is 35.5. The van der Waals surface area contributed by atoms with Gasteiger partial charge in [-0.2, -0.15) is 4.98 Å². The molecule has 0 aliphatic rings. The summed E-state index contributed by atoms with van der Waals surface area (Å²) in [4.78, 5) is 5.50. The van der Waals surface area contributed by atoms with Gasteiger partial charge in [0.05, 0.1) is 5.69 Å². The van der Waals surface area contributed by atoms with Crippen LogP contribution in [0.2, 0.25) is 5.02 Å². The molecule has 3 rings (SSSR count). The van der Waals surface area contributed by atoms with Crippen molar-refractivity contribution in [2.75, 3.05) is 12.0 Å². The summed E-state index contributed by atoms with van der Waals surface area (Å²) in [5.41, 5.74) is 7.67. The zero-order valence-corrected chi connectivity index (χ0v) is 12.9. The molecule has 2 aromatic carbocycles. The summed E-state index contributed by atoms with van der Waals surface area (Å²) in [7, 11) is 0. The molecule has 106 valence electrons. The van der Waals surface area contributed by atoms with Crippen LogP contribution >= 0.6 is 23.4 Å². The van der Waals surface area contributed by atoms with Crippen molar-refractivity contribution < 1.29 is 0 Å². The molecule has 2 N–H and O–H groups in total. The first-order valence-corrected chi connectivity index (χ1v) is 7.91.